The molecule has 0 aliphatic rings. The molecule has 0 radical (unpaired) electrons. The number of aliphatic carboxylic acids is 1. The molecule has 0 aliphatic heterocycles. The molecular formula is C42H46N4O6S. The zero-order valence-corrected chi connectivity index (χ0v) is 31.4. The second-order valence-electron chi connectivity index (χ2n) is 14.4. The third-order valence-corrected chi connectivity index (χ3v) is 10.2. The lowest BCUT2D eigenvalue weighted by Crippen LogP contribution is -2.54. The number of thiophene rings is 1. The summed E-state index contributed by atoms with van der Waals surface area (Å²) < 4.78 is 5.83. The number of benzene rings is 3. The van der Waals surface area contributed by atoms with Gasteiger partial charge in [0.2, 0.25) is 5.91 Å². The van der Waals surface area contributed by atoms with Crippen LogP contribution in [0.2, 0.25) is 0 Å². The fourth-order valence-electron chi connectivity index (χ4n) is 5.48. The number of hydrogen-bond acceptors (Lipinski definition) is 8. The second kappa shape index (κ2) is 17.4. The van der Waals surface area contributed by atoms with Crippen LogP contribution >= 0.6 is 11.3 Å². The molecule has 4 N–H and O–H groups in total. The third-order valence-electron chi connectivity index (χ3n) is 8.67. The average molecular weight is 735 g/mol. The van der Waals surface area contributed by atoms with Gasteiger partial charge in [-0.25, -0.2) is 14.8 Å². The number of carboxylic acids is 1. The molecule has 3 atom stereocenters. The number of aromatic nitrogens is 2. The van der Waals surface area contributed by atoms with Crippen molar-refractivity contribution in [3.63, 3.8) is 0 Å². The van der Waals surface area contributed by atoms with Crippen molar-refractivity contribution in [1.29, 1.82) is 0 Å². The van der Waals surface area contributed by atoms with Gasteiger partial charge in [-0.2, -0.15) is 0 Å². The van der Waals surface area contributed by atoms with Gasteiger partial charge in [-0.1, -0.05) is 101 Å². The smallest absolute Gasteiger partial charge is 0.329 e. The quantitative estimate of drug-likeness (QED) is 0.0880. The van der Waals surface area contributed by atoms with Crippen molar-refractivity contribution in [1.82, 2.24) is 20.6 Å². The third kappa shape index (κ3) is 10.6. The maximum atomic E-state index is 13.7. The summed E-state index contributed by atoms with van der Waals surface area (Å²) in [5.41, 5.74) is 3.46. The predicted molar refractivity (Wildman–Crippen MR) is 207 cm³/mol. The van der Waals surface area contributed by atoms with E-state index in [0.717, 1.165) is 33.7 Å². The second-order valence-corrected chi connectivity index (χ2v) is 15.5. The lowest BCUT2D eigenvalue weighted by Gasteiger charge is -2.24. The Morgan fingerprint density at radius 3 is 2.04 bits per heavy atom. The summed E-state index contributed by atoms with van der Waals surface area (Å²) in [6.45, 7) is 11.2. The van der Waals surface area contributed by atoms with Crippen LogP contribution in [0.5, 0.6) is 5.75 Å². The molecule has 11 heteroatoms. The summed E-state index contributed by atoms with van der Waals surface area (Å²) in [5, 5.41) is 26.1. The molecule has 2 amide bonds. The van der Waals surface area contributed by atoms with Crippen molar-refractivity contribution in [2.45, 2.75) is 71.1 Å². The molecular weight excluding hydrogens is 689 g/mol. The number of hydrogen-bond donors (Lipinski definition) is 4. The van der Waals surface area contributed by atoms with Gasteiger partial charge < -0.3 is 25.6 Å². The minimum Gasteiger partial charge on any atom is -0.494 e. The number of nitrogens with zero attached hydrogens (tertiary/aromatic N) is 2. The van der Waals surface area contributed by atoms with E-state index in [1.807, 2.05) is 75.4 Å². The molecule has 2 aromatic heterocycles. The van der Waals surface area contributed by atoms with Crippen molar-refractivity contribution in [2.75, 3.05) is 6.61 Å². The Balaban J connectivity index is 1.31. The highest BCUT2D eigenvalue weighted by Gasteiger charge is 2.33. The first-order chi connectivity index (χ1) is 25.3. The van der Waals surface area contributed by atoms with Crippen LogP contribution < -0.4 is 15.4 Å². The van der Waals surface area contributed by atoms with Crippen LogP contribution in [0.4, 0.5) is 0 Å². The molecule has 0 saturated carbocycles. The number of aliphatic hydroxyl groups is 1. The average Bonchev–Trinajstić information content (AvgIpc) is 3.66. The highest BCUT2D eigenvalue weighted by molar-refractivity contribution is 7.14. The fourth-order valence-corrected chi connectivity index (χ4v) is 6.45. The minimum atomic E-state index is -1.65. The fraction of sp³-hybridized carbons (Fsp3) is 0.310. The molecule has 0 fully saturated rings. The Morgan fingerprint density at radius 2 is 1.45 bits per heavy atom. The molecule has 0 saturated heterocycles. The monoisotopic (exact) mass is 734 g/mol. The molecule has 53 heavy (non-hydrogen) atoms. The van der Waals surface area contributed by atoms with Crippen molar-refractivity contribution in [3.8, 4) is 28.3 Å². The number of rotatable bonds is 15. The van der Waals surface area contributed by atoms with E-state index in [-0.39, 0.29) is 11.8 Å². The maximum absolute atomic E-state index is 13.7. The van der Waals surface area contributed by atoms with Crippen LogP contribution in [0.1, 0.15) is 72.8 Å². The Kier molecular flexibility index (Phi) is 12.8. The highest BCUT2D eigenvalue weighted by Crippen LogP contribution is 2.30. The van der Waals surface area contributed by atoms with Gasteiger partial charge in [-0.05, 0) is 58.7 Å². The molecule has 2 unspecified atom stereocenters. The molecule has 5 aromatic rings. The molecule has 0 spiro atoms. The Bertz CT molecular complexity index is 1970. The van der Waals surface area contributed by atoms with Crippen LogP contribution in [0.15, 0.2) is 103 Å². The summed E-state index contributed by atoms with van der Waals surface area (Å²) in [7, 11) is 0. The number of carboxylic acid groups (broad SMARTS) is 1. The first-order valence-corrected chi connectivity index (χ1v) is 18.4. The van der Waals surface area contributed by atoms with E-state index in [9.17, 15) is 24.6 Å². The number of carbonyl (C=O) groups excluding carboxylic acids is 2. The van der Waals surface area contributed by atoms with E-state index in [0.29, 0.717) is 34.4 Å². The summed E-state index contributed by atoms with van der Waals surface area (Å²) in [6, 6.07) is 24.2. The minimum absolute atomic E-state index is 0.0557. The van der Waals surface area contributed by atoms with Crippen LogP contribution in [-0.2, 0) is 21.4 Å². The summed E-state index contributed by atoms with van der Waals surface area (Å²) in [5.74, 6) is -0.699. The molecule has 0 bridgehead atoms. The van der Waals surface area contributed by atoms with Gasteiger partial charge in [0.15, 0.2) is 11.9 Å². The van der Waals surface area contributed by atoms with Gasteiger partial charge in [0.1, 0.15) is 17.9 Å². The first kappa shape index (κ1) is 38.8. The van der Waals surface area contributed by atoms with Crippen molar-refractivity contribution < 1.29 is 29.3 Å². The van der Waals surface area contributed by atoms with E-state index in [1.165, 1.54) is 11.3 Å². The van der Waals surface area contributed by atoms with Gasteiger partial charge in [0.25, 0.3) is 5.91 Å². The Morgan fingerprint density at radius 1 is 0.811 bits per heavy atom. The molecule has 0 aliphatic carbocycles. The SMILES string of the molecule is CC(C)CCOc1ccc(-c2cnc(-c3ccc(C[C@H](NC(=O)c4ccc(C(C)(C)C)s4)C(=O)NC(C(=O)O)C(O)c4ccccc4)cc3)nc2)cc1. The number of nitrogens with one attached hydrogen (secondary N) is 2. The number of ether oxygens (including phenoxy) is 1. The largest absolute Gasteiger partial charge is 0.494 e. The van der Waals surface area contributed by atoms with E-state index in [4.69, 9.17) is 4.74 Å². The van der Waals surface area contributed by atoms with Crippen LogP contribution in [0, 0.1) is 5.92 Å². The lowest BCUT2D eigenvalue weighted by atomic mass is 9.95. The van der Waals surface area contributed by atoms with Gasteiger partial charge in [-0.15, -0.1) is 11.3 Å². The normalized spacial score (nSPS) is 13.2. The molecule has 10 nitrogen and oxygen atoms in total. The number of aliphatic hydroxyl groups excluding tert-OH is 1. The van der Waals surface area contributed by atoms with Gasteiger partial charge in [0, 0.05) is 34.8 Å². The van der Waals surface area contributed by atoms with Crippen LogP contribution in [-0.4, -0.2) is 56.7 Å². The number of carbonyl (C=O) groups is 3. The Hall–Kier alpha value is -5.39. The zero-order valence-electron chi connectivity index (χ0n) is 30.6. The standard InChI is InChI=1S/C42H46N4O6S/c1-26(2)21-22-52-32-17-15-28(16-18-32)31-24-43-38(44-25-31)30-13-11-27(12-14-30)23-33(45-40(49)34-19-20-35(53-34)42(3,4)5)39(48)46-36(41(50)51)37(47)29-9-7-6-8-10-29/h6-20,24-26,33,36-37,47H,21-23H2,1-5H3,(H,45,49)(H,46,48)(H,50,51)/t33-,36?,37?/m0/s1. The van der Waals surface area contributed by atoms with Crippen LogP contribution in [0.3, 0.4) is 0 Å². The van der Waals surface area contributed by atoms with E-state index < -0.39 is 36.0 Å². The highest BCUT2D eigenvalue weighted by atomic mass is 32.1. The van der Waals surface area contributed by atoms with Gasteiger partial charge >= 0.3 is 5.97 Å². The van der Waals surface area contributed by atoms with E-state index in [1.54, 1.807) is 48.8 Å². The van der Waals surface area contributed by atoms with Crippen molar-refractivity contribution >= 4 is 29.1 Å². The van der Waals surface area contributed by atoms with Gasteiger partial charge in [-0.3, -0.25) is 9.59 Å². The topological polar surface area (TPSA) is 151 Å². The first-order valence-electron chi connectivity index (χ1n) is 17.6. The molecule has 3 aromatic carbocycles. The number of amides is 2. The summed E-state index contributed by atoms with van der Waals surface area (Å²) in [4.78, 5) is 50.0. The van der Waals surface area contributed by atoms with Crippen LogP contribution in [0.25, 0.3) is 22.5 Å². The maximum Gasteiger partial charge on any atom is 0.329 e. The summed E-state index contributed by atoms with van der Waals surface area (Å²) >= 11 is 1.33. The molecule has 276 valence electrons. The predicted octanol–water partition coefficient (Wildman–Crippen LogP) is 7.24. The van der Waals surface area contributed by atoms with E-state index >= 15 is 0 Å². The zero-order chi connectivity index (χ0) is 38.1. The molecule has 5 rings (SSSR count). The van der Waals surface area contributed by atoms with Crippen molar-refractivity contribution in [3.05, 3.63) is 124 Å². The van der Waals surface area contributed by atoms with E-state index in [2.05, 4.69) is 34.4 Å². The lowest BCUT2D eigenvalue weighted by molar-refractivity contribution is -0.145. The van der Waals surface area contributed by atoms with Gasteiger partial charge in [0.05, 0.1) is 11.5 Å². The molecule has 2 heterocycles. The summed E-state index contributed by atoms with van der Waals surface area (Å²) in [6.07, 6.45) is 3.06. The van der Waals surface area contributed by atoms with Crippen molar-refractivity contribution in [2.24, 2.45) is 5.92 Å². The Labute approximate surface area is 314 Å².